The van der Waals surface area contributed by atoms with Crippen molar-refractivity contribution in [2.75, 3.05) is 25.0 Å². The number of aromatic nitrogens is 1. The molecule has 2 unspecified atom stereocenters. The van der Waals surface area contributed by atoms with Crippen molar-refractivity contribution in [3.8, 4) is 0 Å². The molecule has 2 saturated heterocycles. The number of nitrogens with one attached hydrogen (secondary N) is 2. The van der Waals surface area contributed by atoms with Gasteiger partial charge in [-0.2, -0.15) is 0 Å². The molecule has 2 N–H and O–H groups in total. The van der Waals surface area contributed by atoms with E-state index in [9.17, 15) is 4.79 Å². The number of hydrogen-bond acceptors (Lipinski definition) is 4. The molecule has 1 aromatic rings. The van der Waals surface area contributed by atoms with Gasteiger partial charge in [-0.25, -0.2) is 4.98 Å². The highest BCUT2D eigenvalue weighted by molar-refractivity contribution is 5.77. The molecule has 0 radical (unpaired) electrons. The van der Waals surface area contributed by atoms with E-state index in [-0.39, 0.29) is 5.91 Å². The highest BCUT2D eigenvalue weighted by Gasteiger charge is 2.33. The zero-order valence-electron chi connectivity index (χ0n) is 12.6. The van der Waals surface area contributed by atoms with Gasteiger partial charge in [0, 0.05) is 44.8 Å². The molecule has 21 heavy (non-hydrogen) atoms. The molecule has 0 aliphatic carbocycles. The van der Waals surface area contributed by atoms with E-state index >= 15 is 0 Å². The number of nitrogens with zero attached hydrogens (tertiary/aromatic N) is 2. The molecule has 114 valence electrons. The van der Waals surface area contributed by atoms with Gasteiger partial charge in [0.25, 0.3) is 0 Å². The first kappa shape index (κ1) is 14.3. The zero-order chi connectivity index (χ0) is 14.7. The van der Waals surface area contributed by atoms with Gasteiger partial charge < -0.3 is 10.6 Å². The van der Waals surface area contributed by atoms with Crippen LogP contribution in [0.5, 0.6) is 0 Å². The molecular weight excluding hydrogens is 264 g/mol. The second kappa shape index (κ2) is 6.43. The summed E-state index contributed by atoms with van der Waals surface area (Å²) in [6, 6.07) is 4.63. The van der Waals surface area contributed by atoms with Crippen LogP contribution in [0.25, 0.3) is 0 Å². The fourth-order valence-corrected chi connectivity index (χ4v) is 3.44. The topological polar surface area (TPSA) is 57.3 Å². The minimum Gasteiger partial charge on any atom is -0.370 e. The number of carbonyl (C=O) groups is 1. The molecular formula is C16H24N4O. The Morgan fingerprint density at radius 2 is 2.38 bits per heavy atom. The first-order chi connectivity index (χ1) is 10.2. The second-order valence-electron chi connectivity index (χ2n) is 6.08. The van der Waals surface area contributed by atoms with Crippen LogP contribution in [0.4, 0.5) is 5.82 Å². The second-order valence-corrected chi connectivity index (χ2v) is 6.08. The molecule has 2 aliphatic heterocycles. The van der Waals surface area contributed by atoms with Gasteiger partial charge in [0.15, 0.2) is 0 Å². The van der Waals surface area contributed by atoms with Crippen LogP contribution in [0, 0.1) is 5.92 Å². The number of carbonyl (C=O) groups excluding carboxylic acids is 1. The fraction of sp³-hybridized carbons (Fsp3) is 0.625. The fourth-order valence-electron chi connectivity index (χ4n) is 3.44. The molecule has 5 heteroatoms. The summed E-state index contributed by atoms with van der Waals surface area (Å²) in [6.45, 7) is 6.09. The maximum Gasteiger partial charge on any atom is 0.220 e. The van der Waals surface area contributed by atoms with Crippen molar-refractivity contribution >= 4 is 11.7 Å². The number of pyridine rings is 1. The van der Waals surface area contributed by atoms with E-state index < -0.39 is 0 Å². The van der Waals surface area contributed by atoms with Gasteiger partial charge in [-0.15, -0.1) is 0 Å². The molecule has 5 nitrogen and oxygen atoms in total. The average Bonchev–Trinajstić information content (AvgIpc) is 2.48. The Morgan fingerprint density at radius 3 is 3.24 bits per heavy atom. The van der Waals surface area contributed by atoms with Gasteiger partial charge in [-0.05, 0) is 43.4 Å². The van der Waals surface area contributed by atoms with Crippen molar-refractivity contribution in [1.82, 2.24) is 15.2 Å². The third-order valence-corrected chi connectivity index (χ3v) is 4.50. The van der Waals surface area contributed by atoms with Gasteiger partial charge in [-0.3, -0.25) is 9.69 Å². The lowest BCUT2D eigenvalue weighted by atomic mass is 9.85. The number of hydrogen-bond donors (Lipinski definition) is 2. The molecule has 0 aromatic carbocycles. The number of rotatable bonds is 4. The molecule has 2 fully saturated rings. The van der Waals surface area contributed by atoms with Crippen LogP contribution in [0.15, 0.2) is 18.3 Å². The van der Waals surface area contributed by atoms with Gasteiger partial charge >= 0.3 is 0 Å². The average molecular weight is 288 g/mol. The largest absolute Gasteiger partial charge is 0.370 e. The third-order valence-electron chi connectivity index (χ3n) is 4.50. The SMILES string of the molecule is CCNc1cc(CN2CCC3NC(=O)CCC3C2)ccn1. The highest BCUT2D eigenvalue weighted by Crippen LogP contribution is 2.26. The quantitative estimate of drug-likeness (QED) is 0.884. The molecule has 2 atom stereocenters. The maximum absolute atomic E-state index is 11.5. The van der Waals surface area contributed by atoms with Crippen LogP contribution in [-0.4, -0.2) is 41.5 Å². The van der Waals surface area contributed by atoms with E-state index in [0.29, 0.717) is 18.4 Å². The minimum atomic E-state index is 0.231. The highest BCUT2D eigenvalue weighted by atomic mass is 16.1. The molecule has 3 heterocycles. The van der Waals surface area contributed by atoms with Crippen molar-refractivity contribution < 1.29 is 4.79 Å². The molecule has 0 spiro atoms. The van der Waals surface area contributed by atoms with Crippen LogP contribution in [0.3, 0.4) is 0 Å². The smallest absolute Gasteiger partial charge is 0.220 e. The summed E-state index contributed by atoms with van der Waals surface area (Å²) < 4.78 is 0. The van der Waals surface area contributed by atoms with Crippen molar-refractivity contribution in [1.29, 1.82) is 0 Å². The number of fused-ring (bicyclic) bond motifs is 1. The molecule has 2 aliphatic rings. The van der Waals surface area contributed by atoms with E-state index in [4.69, 9.17) is 0 Å². The summed E-state index contributed by atoms with van der Waals surface area (Å²) in [5, 5.41) is 6.40. The lowest BCUT2D eigenvalue weighted by molar-refractivity contribution is -0.125. The molecule has 0 bridgehead atoms. The Kier molecular flexibility index (Phi) is 4.39. The normalized spacial score (nSPS) is 26.0. The standard InChI is InChI=1S/C16H24N4O/c1-2-17-15-9-12(5-7-18-15)10-20-8-6-14-13(11-20)3-4-16(21)19-14/h5,7,9,13-14H,2-4,6,8,10-11H2,1H3,(H,17,18)(H,19,21). The summed E-state index contributed by atoms with van der Waals surface area (Å²) in [6.07, 6.45) is 4.67. The van der Waals surface area contributed by atoms with Gasteiger partial charge in [0.05, 0.1) is 0 Å². The Bertz CT molecular complexity index is 505. The van der Waals surface area contributed by atoms with Crippen LogP contribution in [0.1, 0.15) is 31.7 Å². The predicted octanol–water partition coefficient (Wildman–Crippen LogP) is 1.61. The van der Waals surface area contributed by atoms with Crippen LogP contribution in [-0.2, 0) is 11.3 Å². The van der Waals surface area contributed by atoms with Crippen molar-refractivity contribution in [2.45, 2.75) is 38.8 Å². The summed E-state index contributed by atoms with van der Waals surface area (Å²) in [5.41, 5.74) is 1.30. The lowest BCUT2D eigenvalue weighted by Crippen LogP contribution is -2.53. The van der Waals surface area contributed by atoms with Gasteiger partial charge in [0.2, 0.25) is 5.91 Å². The number of amides is 1. The summed E-state index contributed by atoms with van der Waals surface area (Å²) in [7, 11) is 0. The Morgan fingerprint density at radius 1 is 1.48 bits per heavy atom. The number of likely N-dealkylation sites (tertiary alicyclic amines) is 1. The summed E-state index contributed by atoms with van der Waals surface area (Å²) in [4.78, 5) is 18.3. The summed E-state index contributed by atoms with van der Waals surface area (Å²) >= 11 is 0. The van der Waals surface area contributed by atoms with Crippen LogP contribution >= 0.6 is 0 Å². The molecule has 3 rings (SSSR count). The monoisotopic (exact) mass is 288 g/mol. The zero-order valence-corrected chi connectivity index (χ0v) is 12.6. The number of piperidine rings is 2. The van der Waals surface area contributed by atoms with Crippen molar-refractivity contribution in [2.24, 2.45) is 5.92 Å². The van der Waals surface area contributed by atoms with Crippen LogP contribution in [0.2, 0.25) is 0 Å². The van der Waals surface area contributed by atoms with Gasteiger partial charge in [-0.1, -0.05) is 0 Å². The Labute approximate surface area is 126 Å². The molecule has 1 amide bonds. The van der Waals surface area contributed by atoms with Crippen molar-refractivity contribution in [3.63, 3.8) is 0 Å². The number of anilines is 1. The van der Waals surface area contributed by atoms with E-state index in [1.807, 2.05) is 6.20 Å². The Hall–Kier alpha value is -1.62. The molecule has 1 aromatic heterocycles. The lowest BCUT2D eigenvalue weighted by Gasteiger charge is -2.41. The van der Waals surface area contributed by atoms with Crippen molar-refractivity contribution in [3.05, 3.63) is 23.9 Å². The first-order valence-electron chi connectivity index (χ1n) is 7.95. The van der Waals surface area contributed by atoms with Crippen LogP contribution < -0.4 is 10.6 Å². The summed E-state index contributed by atoms with van der Waals surface area (Å²) in [5.74, 6) is 1.80. The van der Waals surface area contributed by atoms with E-state index in [2.05, 4.69) is 39.6 Å². The van der Waals surface area contributed by atoms with E-state index in [1.165, 1.54) is 5.56 Å². The maximum atomic E-state index is 11.5. The van der Waals surface area contributed by atoms with E-state index in [1.54, 1.807) is 0 Å². The van der Waals surface area contributed by atoms with E-state index in [0.717, 1.165) is 44.8 Å². The Balaban J connectivity index is 1.59. The third kappa shape index (κ3) is 3.53. The van der Waals surface area contributed by atoms with Gasteiger partial charge in [0.1, 0.15) is 5.82 Å². The predicted molar refractivity (Wildman–Crippen MR) is 82.9 cm³/mol. The molecule has 0 saturated carbocycles. The first-order valence-corrected chi connectivity index (χ1v) is 7.95. The minimum absolute atomic E-state index is 0.231.